The highest BCUT2D eigenvalue weighted by Gasteiger charge is 2.07. The molecule has 2 aromatic carbocycles. The number of nitrogens with zero attached hydrogens (tertiary/aromatic N) is 1. The molecule has 1 heterocycles. The van der Waals surface area contributed by atoms with Crippen molar-refractivity contribution < 1.29 is 0 Å². The van der Waals surface area contributed by atoms with Gasteiger partial charge in [-0.1, -0.05) is 61.3 Å². The minimum absolute atomic E-state index is 0. The monoisotopic (exact) mass is 456 g/mol. The van der Waals surface area contributed by atoms with Crippen molar-refractivity contribution in [3.63, 3.8) is 0 Å². The van der Waals surface area contributed by atoms with Gasteiger partial charge in [-0.05, 0) is 36.1 Å². The average Bonchev–Trinajstić information content (AvgIpc) is 3.00. The van der Waals surface area contributed by atoms with Gasteiger partial charge in [0.25, 0.3) is 0 Å². The van der Waals surface area contributed by atoms with E-state index in [1.165, 1.54) is 5.56 Å². The zero-order chi connectivity index (χ0) is 17.1. The third-order valence-corrected chi connectivity index (χ3v) is 5.07. The second kappa shape index (κ2) is 9.04. The van der Waals surface area contributed by atoms with Crippen LogP contribution in [-0.2, 0) is 6.42 Å². The van der Waals surface area contributed by atoms with Gasteiger partial charge in [-0.25, -0.2) is 4.98 Å². The lowest BCUT2D eigenvalue weighted by Crippen LogP contribution is -1.93. The summed E-state index contributed by atoms with van der Waals surface area (Å²) in [6.07, 6.45) is 1.10. The molecule has 0 aliphatic carbocycles. The molecular weight excluding hydrogens is 439 g/mol. The average molecular weight is 458 g/mol. The predicted molar refractivity (Wildman–Crippen MR) is 116 cm³/mol. The van der Waals surface area contributed by atoms with Crippen LogP contribution in [0.4, 0.5) is 10.8 Å². The topological polar surface area (TPSA) is 24.9 Å². The van der Waals surface area contributed by atoms with E-state index in [9.17, 15) is 0 Å². The van der Waals surface area contributed by atoms with E-state index in [0.29, 0.717) is 16.0 Å². The van der Waals surface area contributed by atoms with Crippen LogP contribution in [0, 0.1) is 5.92 Å². The predicted octanol–water partition coefficient (Wildman–Crippen LogP) is 7.64. The van der Waals surface area contributed by atoms with Crippen molar-refractivity contribution in [2.75, 3.05) is 5.32 Å². The van der Waals surface area contributed by atoms with Gasteiger partial charge in [-0.2, -0.15) is 0 Å². The Morgan fingerprint density at radius 1 is 1.04 bits per heavy atom. The van der Waals surface area contributed by atoms with Gasteiger partial charge < -0.3 is 5.32 Å². The number of hydrogen-bond donors (Lipinski definition) is 1. The summed E-state index contributed by atoms with van der Waals surface area (Å²) in [5.41, 5.74) is 4.33. The molecule has 0 spiro atoms. The van der Waals surface area contributed by atoms with E-state index in [1.807, 2.05) is 6.07 Å². The minimum atomic E-state index is 0. The fraction of sp³-hybridized carbons (Fsp3) is 0.211. The number of anilines is 2. The Bertz CT molecular complexity index is 832. The van der Waals surface area contributed by atoms with Crippen LogP contribution in [-0.4, -0.2) is 4.98 Å². The van der Waals surface area contributed by atoms with E-state index in [-0.39, 0.29) is 17.0 Å². The molecular formula is C19H19BrCl2N2S. The van der Waals surface area contributed by atoms with Crippen molar-refractivity contribution in [3.05, 3.63) is 63.5 Å². The molecule has 0 bridgehead atoms. The van der Waals surface area contributed by atoms with Gasteiger partial charge in [-0.15, -0.1) is 28.3 Å². The van der Waals surface area contributed by atoms with Crippen molar-refractivity contribution in [3.8, 4) is 11.3 Å². The number of aromatic nitrogens is 1. The molecule has 2 nitrogen and oxygen atoms in total. The smallest absolute Gasteiger partial charge is 0.187 e. The fourth-order valence-corrected chi connectivity index (χ4v) is 3.48. The van der Waals surface area contributed by atoms with Crippen molar-refractivity contribution in [1.82, 2.24) is 4.98 Å². The first-order valence-electron chi connectivity index (χ1n) is 7.78. The molecule has 1 aromatic heterocycles. The molecule has 6 heteroatoms. The highest BCUT2D eigenvalue weighted by Crippen LogP contribution is 2.30. The summed E-state index contributed by atoms with van der Waals surface area (Å²) in [6.45, 7) is 4.46. The quantitative estimate of drug-likeness (QED) is 0.425. The number of thiazole rings is 1. The first kappa shape index (κ1) is 20.2. The Labute approximate surface area is 173 Å². The minimum Gasteiger partial charge on any atom is -0.331 e. The van der Waals surface area contributed by atoms with Gasteiger partial charge in [0.15, 0.2) is 5.13 Å². The zero-order valence-corrected chi connectivity index (χ0v) is 18.0. The molecule has 0 aliphatic rings. The van der Waals surface area contributed by atoms with Crippen molar-refractivity contribution in [2.24, 2.45) is 5.92 Å². The number of rotatable bonds is 5. The highest BCUT2D eigenvalue weighted by atomic mass is 79.9. The molecule has 1 N–H and O–H groups in total. The molecule has 0 saturated heterocycles. The molecule has 0 fully saturated rings. The normalized spacial score (nSPS) is 10.6. The largest absolute Gasteiger partial charge is 0.331 e. The van der Waals surface area contributed by atoms with E-state index < -0.39 is 0 Å². The number of benzene rings is 2. The number of hydrogen-bond acceptors (Lipinski definition) is 3. The Morgan fingerprint density at radius 3 is 2.40 bits per heavy atom. The van der Waals surface area contributed by atoms with Crippen LogP contribution in [0.25, 0.3) is 11.3 Å². The molecule has 25 heavy (non-hydrogen) atoms. The molecule has 3 aromatic rings. The zero-order valence-electron chi connectivity index (χ0n) is 13.9. The summed E-state index contributed by atoms with van der Waals surface area (Å²) >= 11 is 13.5. The summed E-state index contributed by atoms with van der Waals surface area (Å²) in [5.74, 6) is 0.664. The summed E-state index contributed by atoms with van der Waals surface area (Å²) in [4.78, 5) is 4.65. The summed E-state index contributed by atoms with van der Waals surface area (Å²) < 4.78 is 0. The maximum Gasteiger partial charge on any atom is 0.187 e. The van der Waals surface area contributed by atoms with Crippen molar-refractivity contribution >= 4 is 62.3 Å². The number of halogens is 3. The van der Waals surface area contributed by atoms with E-state index in [4.69, 9.17) is 23.2 Å². The lowest BCUT2D eigenvalue weighted by molar-refractivity contribution is 0.647. The Balaban J connectivity index is 0.00000225. The standard InChI is InChI=1S/C19H18Cl2N2S.BrH/c1-12(2)9-13-3-5-14(6-4-13)18-11-24-19(23-18)22-15-7-8-16(20)17(21)10-15;/h3-8,10-12H,9H2,1-2H3,(H,22,23);1H. The SMILES string of the molecule is Br.CC(C)Cc1ccc(-c2csc(Nc3ccc(Cl)c(Cl)c3)n2)cc1. The second-order valence-electron chi connectivity index (χ2n) is 6.09. The van der Waals surface area contributed by atoms with Gasteiger partial charge in [0.05, 0.1) is 15.7 Å². The van der Waals surface area contributed by atoms with Crippen LogP contribution in [0.5, 0.6) is 0 Å². The van der Waals surface area contributed by atoms with Gasteiger partial charge in [0.2, 0.25) is 0 Å². The third-order valence-electron chi connectivity index (χ3n) is 3.57. The molecule has 0 amide bonds. The van der Waals surface area contributed by atoms with Crippen LogP contribution in [0.3, 0.4) is 0 Å². The molecule has 132 valence electrons. The van der Waals surface area contributed by atoms with Gasteiger partial charge in [0, 0.05) is 16.6 Å². The molecule has 0 atom stereocenters. The third kappa shape index (κ3) is 5.45. The first-order chi connectivity index (χ1) is 11.5. The van der Waals surface area contributed by atoms with E-state index in [1.54, 1.807) is 23.5 Å². The lowest BCUT2D eigenvalue weighted by atomic mass is 10.0. The number of nitrogens with one attached hydrogen (secondary N) is 1. The van der Waals surface area contributed by atoms with E-state index >= 15 is 0 Å². The summed E-state index contributed by atoms with van der Waals surface area (Å²) in [5, 5.41) is 7.22. The summed E-state index contributed by atoms with van der Waals surface area (Å²) in [6, 6.07) is 14.1. The van der Waals surface area contributed by atoms with Crippen LogP contribution in [0.2, 0.25) is 10.0 Å². The van der Waals surface area contributed by atoms with Crippen LogP contribution >= 0.6 is 51.5 Å². The van der Waals surface area contributed by atoms with Crippen molar-refractivity contribution in [1.29, 1.82) is 0 Å². The maximum absolute atomic E-state index is 6.04. The fourth-order valence-electron chi connectivity index (χ4n) is 2.44. The first-order valence-corrected chi connectivity index (χ1v) is 9.42. The summed E-state index contributed by atoms with van der Waals surface area (Å²) in [7, 11) is 0. The van der Waals surface area contributed by atoms with Crippen LogP contribution < -0.4 is 5.32 Å². The van der Waals surface area contributed by atoms with Gasteiger partial charge >= 0.3 is 0 Å². The lowest BCUT2D eigenvalue weighted by Gasteiger charge is -2.05. The van der Waals surface area contributed by atoms with Gasteiger partial charge in [0.1, 0.15) is 0 Å². The molecule has 0 unspecified atom stereocenters. The Hall–Kier alpha value is -1.07. The maximum atomic E-state index is 6.04. The van der Waals surface area contributed by atoms with Crippen LogP contribution in [0.1, 0.15) is 19.4 Å². The molecule has 0 saturated carbocycles. The highest BCUT2D eigenvalue weighted by molar-refractivity contribution is 8.93. The van der Waals surface area contributed by atoms with E-state index in [2.05, 4.69) is 53.8 Å². The van der Waals surface area contributed by atoms with Crippen molar-refractivity contribution in [2.45, 2.75) is 20.3 Å². The molecule has 0 radical (unpaired) electrons. The molecule has 3 rings (SSSR count). The van der Waals surface area contributed by atoms with Crippen LogP contribution in [0.15, 0.2) is 47.8 Å². The van der Waals surface area contributed by atoms with E-state index in [0.717, 1.165) is 28.5 Å². The Morgan fingerprint density at radius 2 is 1.76 bits per heavy atom. The Kier molecular flexibility index (Phi) is 7.32. The second-order valence-corrected chi connectivity index (χ2v) is 7.76. The molecule has 0 aliphatic heterocycles. The van der Waals surface area contributed by atoms with Gasteiger partial charge in [-0.3, -0.25) is 0 Å².